The van der Waals surface area contributed by atoms with Crippen molar-refractivity contribution >= 4 is 41.5 Å². The maximum Gasteiger partial charge on any atom is 0.408 e. The lowest BCUT2D eigenvalue weighted by molar-refractivity contribution is -0.145. The summed E-state index contributed by atoms with van der Waals surface area (Å²) < 4.78 is 10.3. The molecule has 0 aliphatic rings. The molecule has 4 rings (SSSR count). The Hall–Kier alpha value is -5.82. The van der Waals surface area contributed by atoms with Crippen molar-refractivity contribution in [3.8, 4) is 5.75 Å². The van der Waals surface area contributed by atoms with Gasteiger partial charge in [0.05, 0.1) is 7.11 Å². The SMILES string of the molecule is COC(=O)[C@@H](CCSC)NC(=O)[C@@H](Cc1ccc(O)cc1)NC(=O)[C@@H](Cc1ccccc1)NC(=O)[C@H](Cc1ccccc1)NC(=O)OCc1ccccc1. The number of alkyl carbamates (subject to hydrolysis) is 1. The number of rotatable bonds is 19. The first-order valence-corrected chi connectivity index (χ1v) is 18.9. The molecule has 0 saturated heterocycles. The molecule has 284 valence electrons. The Labute approximate surface area is 319 Å². The van der Waals surface area contributed by atoms with E-state index in [-0.39, 0.29) is 31.6 Å². The van der Waals surface area contributed by atoms with Gasteiger partial charge in [-0.1, -0.05) is 103 Å². The third-order valence-corrected chi connectivity index (χ3v) is 9.09. The number of carbonyl (C=O) groups is 5. The topological polar surface area (TPSA) is 172 Å². The van der Waals surface area contributed by atoms with Gasteiger partial charge in [0.15, 0.2) is 0 Å². The molecule has 0 radical (unpaired) electrons. The van der Waals surface area contributed by atoms with Crippen molar-refractivity contribution in [2.45, 2.75) is 56.5 Å². The van der Waals surface area contributed by atoms with Crippen LogP contribution in [-0.2, 0) is 54.5 Å². The number of amides is 4. The van der Waals surface area contributed by atoms with Crippen molar-refractivity contribution in [2.24, 2.45) is 0 Å². The lowest BCUT2D eigenvalue weighted by atomic mass is 10.0. The smallest absolute Gasteiger partial charge is 0.408 e. The van der Waals surface area contributed by atoms with Gasteiger partial charge in [-0.3, -0.25) is 14.4 Å². The van der Waals surface area contributed by atoms with Gasteiger partial charge in [0, 0.05) is 19.3 Å². The predicted octanol–water partition coefficient (Wildman–Crippen LogP) is 4.10. The van der Waals surface area contributed by atoms with Crippen LogP contribution < -0.4 is 21.3 Å². The van der Waals surface area contributed by atoms with E-state index in [1.54, 1.807) is 36.4 Å². The van der Waals surface area contributed by atoms with E-state index in [1.807, 2.05) is 73.0 Å². The Kier molecular flexibility index (Phi) is 16.4. The highest BCUT2D eigenvalue weighted by Crippen LogP contribution is 2.14. The number of benzene rings is 4. The first-order valence-electron chi connectivity index (χ1n) is 17.5. The number of hydrogen-bond donors (Lipinski definition) is 5. The Morgan fingerprint density at radius 3 is 1.43 bits per heavy atom. The number of phenolic OH excluding ortho intramolecular Hbond substituents is 1. The Bertz CT molecular complexity index is 1800. The zero-order valence-corrected chi connectivity index (χ0v) is 31.1. The van der Waals surface area contributed by atoms with E-state index in [2.05, 4.69) is 21.3 Å². The van der Waals surface area contributed by atoms with Crippen LogP contribution >= 0.6 is 11.8 Å². The molecule has 0 spiro atoms. The van der Waals surface area contributed by atoms with Crippen molar-refractivity contribution in [2.75, 3.05) is 19.1 Å². The van der Waals surface area contributed by atoms with E-state index in [0.717, 1.165) is 16.7 Å². The third-order valence-electron chi connectivity index (χ3n) is 8.44. The molecule has 0 bridgehead atoms. The van der Waals surface area contributed by atoms with Gasteiger partial charge in [-0.2, -0.15) is 11.8 Å². The molecule has 0 aliphatic carbocycles. The molecule has 0 heterocycles. The molecule has 13 heteroatoms. The lowest BCUT2D eigenvalue weighted by Gasteiger charge is -2.26. The second kappa shape index (κ2) is 21.6. The average Bonchev–Trinajstić information content (AvgIpc) is 3.19. The minimum atomic E-state index is -1.19. The Morgan fingerprint density at radius 1 is 0.574 bits per heavy atom. The number of nitrogens with one attached hydrogen (secondary N) is 4. The fourth-order valence-corrected chi connectivity index (χ4v) is 6.02. The maximum absolute atomic E-state index is 14.2. The molecule has 12 nitrogen and oxygen atoms in total. The second-order valence-corrected chi connectivity index (χ2v) is 13.5. The first-order chi connectivity index (χ1) is 26.1. The third kappa shape index (κ3) is 13.6. The molecule has 4 atom stereocenters. The van der Waals surface area contributed by atoms with E-state index < -0.39 is 54.0 Å². The van der Waals surface area contributed by atoms with Gasteiger partial charge in [-0.05, 0) is 52.8 Å². The van der Waals surface area contributed by atoms with E-state index in [4.69, 9.17) is 9.47 Å². The van der Waals surface area contributed by atoms with Crippen molar-refractivity contribution in [3.05, 3.63) is 138 Å². The predicted molar refractivity (Wildman–Crippen MR) is 206 cm³/mol. The first kappa shape index (κ1) is 40.9. The Morgan fingerprint density at radius 2 is 0.981 bits per heavy atom. The number of aromatic hydroxyl groups is 1. The number of carbonyl (C=O) groups excluding carboxylic acids is 5. The summed E-state index contributed by atoms with van der Waals surface area (Å²) in [6, 6.07) is 28.9. The molecule has 0 aliphatic heterocycles. The van der Waals surface area contributed by atoms with Crippen LogP contribution in [0.4, 0.5) is 4.79 Å². The molecule has 4 amide bonds. The largest absolute Gasteiger partial charge is 0.508 e. The minimum absolute atomic E-state index is 0.00567. The van der Waals surface area contributed by atoms with Crippen molar-refractivity contribution in [3.63, 3.8) is 0 Å². The zero-order chi connectivity index (χ0) is 38.7. The van der Waals surface area contributed by atoms with Crippen LogP contribution in [0, 0.1) is 0 Å². The average molecular weight is 755 g/mol. The molecule has 54 heavy (non-hydrogen) atoms. The van der Waals surface area contributed by atoms with E-state index in [1.165, 1.54) is 31.0 Å². The van der Waals surface area contributed by atoms with Gasteiger partial charge >= 0.3 is 12.1 Å². The number of phenols is 1. The second-order valence-electron chi connectivity index (χ2n) is 12.5. The normalized spacial score (nSPS) is 12.9. The number of methoxy groups -OCH3 is 1. The fraction of sp³-hybridized carbons (Fsp3) is 0.293. The molecule has 0 fully saturated rings. The summed E-state index contributed by atoms with van der Waals surface area (Å²) in [7, 11) is 1.23. The molecule has 5 N–H and O–H groups in total. The van der Waals surface area contributed by atoms with Crippen LogP contribution in [0.3, 0.4) is 0 Å². The van der Waals surface area contributed by atoms with Crippen LogP contribution in [0.1, 0.15) is 28.7 Å². The number of esters is 1. The number of thioether (sulfide) groups is 1. The monoisotopic (exact) mass is 754 g/mol. The molecule has 0 saturated carbocycles. The summed E-state index contributed by atoms with van der Waals surface area (Å²) in [5.74, 6) is -1.98. The highest BCUT2D eigenvalue weighted by molar-refractivity contribution is 7.98. The van der Waals surface area contributed by atoms with Crippen LogP contribution in [0.15, 0.2) is 115 Å². The quantitative estimate of drug-likeness (QED) is 0.0885. The molecule has 4 aromatic carbocycles. The summed E-state index contributed by atoms with van der Waals surface area (Å²) in [5, 5.41) is 20.8. The Balaban J connectivity index is 1.59. The van der Waals surface area contributed by atoms with Gasteiger partial charge in [0.2, 0.25) is 17.7 Å². The summed E-state index contributed by atoms with van der Waals surface area (Å²) in [5.41, 5.74) is 2.88. The molecule has 0 unspecified atom stereocenters. The lowest BCUT2D eigenvalue weighted by Crippen LogP contribution is -2.59. The number of ether oxygens (including phenoxy) is 2. The summed E-state index contributed by atoms with van der Waals surface area (Å²) in [6.45, 7) is -0.00993. The van der Waals surface area contributed by atoms with Crippen LogP contribution in [-0.4, -0.2) is 78.2 Å². The molecule has 0 aromatic heterocycles. The molecular formula is C41H46N4O8S. The van der Waals surface area contributed by atoms with Gasteiger partial charge in [0.1, 0.15) is 36.5 Å². The van der Waals surface area contributed by atoms with Crippen LogP contribution in [0.2, 0.25) is 0 Å². The van der Waals surface area contributed by atoms with Crippen molar-refractivity contribution in [1.29, 1.82) is 0 Å². The van der Waals surface area contributed by atoms with Gasteiger partial charge < -0.3 is 35.8 Å². The van der Waals surface area contributed by atoms with Crippen molar-refractivity contribution < 1.29 is 38.6 Å². The van der Waals surface area contributed by atoms with Gasteiger partial charge in [0.25, 0.3) is 0 Å². The zero-order valence-electron chi connectivity index (χ0n) is 30.2. The summed E-state index contributed by atoms with van der Waals surface area (Å²) >= 11 is 1.50. The highest BCUT2D eigenvalue weighted by atomic mass is 32.2. The van der Waals surface area contributed by atoms with Gasteiger partial charge in [-0.15, -0.1) is 0 Å². The minimum Gasteiger partial charge on any atom is -0.508 e. The van der Waals surface area contributed by atoms with Crippen LogP contribution in [0.25, 0.3) is 0 Å². The highest BCUT2D eigenvalue weighted by Gasteiger charge is 2.32. The van der Waals surface area contributed by atoms with Gasteiger partial charge in [-0.25, -0.2) is 9.59 Å². The van der Waals surface area contributed by atoms with Crippen LogP contribution in [0.5, 0.6) is 5.75 Å². The summed E-state index contributed by atoms with van der Waals surface area (Å²) in [6.07, 6.45) is 1.52. The van der Waals surface area contributed by atoms with E-state index >= 15 is 0 Å². The van der Waals surface area contributed by atoms with E-state index in [0.29, 0.717) is 17.7 Å². The van der Waals surface area contributed by atoms with E-state index in [9.17, 15) is 29.1 Å². The molecular weight excluding hydrogens is 709 g/mol. The standard InChI is InChI=1S/C41H46N4O8S/c1-52-40(50)33(22-23-54-2)42-37(47)35(26-30-18-20-32(46)21-19-30)43-38(48)34(24-28-12-6-3-7-13-28)44-39(49)36(25-29-14-8-4-9-15-29)45-41(51)53-27-31-16-10-5-11-17-31/h3-21,33-36,46H,22-27H2,1-2H3,(H,42,47)(H,43,48)(H,44,49)(H,45,51)/t33-,34-,35-,36+/m1/s1. The fourth-order valence-electron chi connectivity index (χ4n) is 5.55. The summed E-state index contributed by atoms with van der Waals surface area (Å²) in [4.78, 5) is 67.6. The number of hydrogen-bond acceptors (Lipinski definition) is 9. The van der Waals surface area contributed by atoms with Crippen molar-refractivity contribution in [1.82, 2.24) is 21.3 Å². The maximum atomic E-state index is 14.2. The molecule has 4 aromatic rings.